The van der Waals surface area contributed by atoms with Gasteiger partial charge in [0.15, 0.2) is 0 Å². The van der Waals surface area contributed by atoms with Gasteiger partial charge in [0.25, 0.3) is 0 Å². The Balaban J connectivity index is 0.000000360. The molecule has 0 heterocycles. The first-order chi connectivity index (χ1) is 7.75. The van der Waals surface area contributed by atoms with E-state index in [9.17, 15) is 4.79 Å². The molecule has 98 valence electrons. The van der Waals surface area contributed by atoms with Crippen molar-refractivity contribution in [3.63, 3.8) is 0 Å². The third kappa shape index (κ3) is 5.61. The summed E-state index contributed by atoms with van der Waals surface area (Å²) >= 11 is 0. The van der Waals surface area contributed by atoms with Gasteiger partial charge in [-0.25, -0.2) is 12.1 Å². The van der Waals surface area contributed by atoms with Crippen molar-refractivity contribution in [3.8, 4) is 0 Å². The van der Waals surface area contributed by atoms with Gasteiger partial charge in [0.05, 0.1) is 6.61 Å². The second kappa shape index (κ2) is 8.90. The molecule has 1 unspecified atom stereocenters. The molecule has 0 aliphatic heterocycles. The molecule has 0 saturated carbocycles. The predicted octanol–water partition coefficient (Wildman–Crippen LogP) is 1.34. The SMILES string of the molecule is O=C([c-]1cccc1)C(O)CO.[Fe].[cH-]1[cH-][cH-][cH-][cH-]1. The number of hydrogen-bond donors (Lipinski definition) is 2. The summed E-state index contributed by atoms with van der Waals surface area (Å²) in [5, 5.41) is 17.3. The first kappa shape index (κ1) is 15.8. The second-order valence-electron chi connectivity index (χ2n) is 3.20. The molecule has 1 atom stereocenters. The van der Waals surface area contributed by atoms with Crippen LogP contribution in [0.5, 0.6) is 0 Å². The van der Waals surface area contributed by atoms with Crippen LogP contribution in [0.4, 0.5) is 0 Å². The van der Waals surface area contributed by atoms with Gasteiger partial charge in [-0.3, -0.25) is 0 Å². The fourth-order valence-electron chi connectivity index (χ4n) is 1.13. The number of Topliss-reactive ketones (excluding diaryl/α,β-unsaturated/α-hetero) is 1. The minimum absolute atomic E-state index is 0. The molecule has 17 heavy (non-hydrogen) atoms. The molecule has 3 nitrogen and oxygen atoms in total. The standard InChI is InChI=1S/C8H9O3.C5H5.Fe/c9-5-7(10)8(11)6-3-1-2-4-6;1-2-4-5-3-1;/h1-4,7,9-10H,5H2;1-5H;/q-1;-5;. The Bertz CT molecular complexity index is 362. The Morgan fingerprint density at radius 3 is 1.88 bits per heavy atom. The number of ketones is 1. The number of hydrogen-bond acceptors (Lipinski definition) is 3. The summed E-state index contributed by atoms with van der Waals surface area (Å²) in [6.07, 6.45) is -1.28. The van der Waals surface area contributed by atoms with Crippen LogP contribution in [0.2, 0.25) is 0 Å². The molecule has 2 aromatic carbocycles. The van der Waals surface area contributed by atoms with Crippen molar-refractivity contribution >= 4 is 5.78 Å². The van der Waals surface area contributed by atoms with E-state index in [2.05, 4.69) is 0 Å². The fraction of sp³-hybridized carbons (Fsp3) is 0.154. The number of aliphatic hydroxyl groups excluding tert-OH is 2. The summed E-state index contributed by atoms with van der Waals surface area (Å²) in [6.45, 7) is -0.524. The van der Waals surface area contributed by atoms with Crippen molar-refractivity contribution in [1.82, 2.24) is 0 Å². The summed E-state index contributed by atoms with van der Waals surface area (Å²) in [4.78, 5) is 11.0. The van der Waals surface area contributed by atoms with Gasteiger partial charge >= 0.3 is 0 Å². The van der Waals surface area contributed by atoms with E-state index in [-0.39, 0.29) is 17.1 Å². The van der Waals surface area contributed by atoms with Crippen molar-refractivity contribution in [3.05, 3.63) is 60.2 Å². The zero-order chi connectivity index (χ0) is 11.8. The first-order valence-electron chi connectivity index (χ1n) is 4.97. The van der Waals surface area contributed by atoms with Crippen LogP contribution < -0.4 is 0 Å². The van der Waals surface area contributed by atoms with Crippen LogP contribution in [0.15, 0.2) is 54.6 Å². The summed E-state index contributed by atoms with van der Waals surface area (Å²) in [5.41, 5.74) is 0.437. The third-order valence-electron chi connectivity index (χ3n) is 1.98. The van der Waals surface area contributed by atoms with Crippen LogP contribution in [0.25, 0.3) is 0 Å². The molecule has 0 aliphatic carbocycles. The molecule has 0 bridgehead atoms. The Labute approximate surface area is 111 Å². The van der Waals surface area contributed by atoms with Crippen LogP contribution in [0.1, 0.15) is 10.4 Å². The molecule has 0 fully saturated rings. The van der Waals surface area contributed by atoms with Crippen molar-refractivity contribution in [2.24, 2.45) is 0 Å². The van der Waals surface area contributed by atoms with E-state index < -0.39 is 18.5 Å². The van der Waals surface area contributed by atoms with Crippen LogP contribution in [-0.4, -0.2) is 28.7 Å². The van der Waals surface area contributed by atoms with Gasteiger partial charge in [-0.1, -0.05) is 5.56 Å². The molecule has 0 radical (unpaired) electrons. The van der Waals surface area contributed by atoms with Crippen LogP contribution in [-0.2, 0) is 17.1 Å². The van der Waals surface area contributed by atoms with E-state index in [0.717, 1.165) is 0 Å². The van der Waals surface area contributed by atoms with Gasteiger partial charge in [-0.05, 0) is 0 Å². The maximum atomic E-state index is 11.0. The van der Waals surface area contributed by atoms with Crippen molar-refractivity contribution in [2.45, 2.75) is 6.10 Å². The molecule has 2 aromatic rings. The topological polar surface area (TPSA) is 57.5 Å². The van der Waals surface area contributed by atoms with E-state index >= 15 is 0 Å². The fourth-order valence-corrected chi connectivity index (χ4v) is 1.13. The summed E-state index contributed by atoms with van der Waals surface area (Å²) in [6, 6.07) is 16.6. The number of carbonyl (C=O) groups is 1. The Morgan fingerprint density at radius 2 is 1.53 bits per heavy atom. The predicted molar refractivity (Wildman–Crippen MR) is 61.5 cm³/mol. The molecule has 2 N–H and O–H groups in total. The smallest absolute Gasteiger partial charge is 0.139 e. The summed E-state index contributed by atoms with van der Waals surface area (Å²) < 4.78 is 0. The van der Waals surface area contributed by atoms with E-state index in [0.29, 0.717) is 5.56 Å². The van der Waals surface area contributed by atoms with Crippen LogP contribution >= 0.6 is 0 Å². The van der Waals surface area contributed by atoms with Gasteiger partial charge < -0.3 is 45.3 Å². The average Bonchev–Trinajstić information content (AvgIpc) is 3.00. The minimum atomic E-state index is -1.28. The molecule has 0 aromatic heterocycles. The quantitative estimate of drug-likeness (QED) is 0.504. The normalized spacial score (nSPS) is 10.7. The van der Waals surface area contributed by atoms with Crippen LogP contribution in [0, 0.1) is 0 Å². The van der Waals surface area contributed by atoms with Crippen molar-refractivity contribution < 1.29 is 32.1 Å². The zero-order valence-corrected chi connectivity index (χ0v) is 10.2. The molecule has 0 amide bonds. The third-order valence-corrected chi connectivity index (χ3v) is 1.98. The maximum Gasteiger partial charge on any atom is 0.139 e. The van der Waals surface area contributed by atoms with E-state index in [1.54, 1.807) is 24.3 Å². The van der Waals surface area contributed by atoms with E-state index in [1.165, 1.54) is 0 Å². The second-order valence-corrected chi connectivity index (χ2v) is 3.20. The number of carbonyl (C=O) groups excluding carboxylic acids is 1. The first-order valence-corrected chi connectivity index (χ1v) is 4.97. The number of aliphatic hydroxyl groups is 2. The Morgan fingerprint density at radius 1 is 1.12 bits per heavy atom. The average molecular weight is 274 g/mol. The maximum absolute atomic E-state index is 11.0. The minimum Gasteiger partial charge on any atom is -0.748 e. The summed E-state index contributed by atoms with van der Waals surface area (Å²) in [7, 11) is 0. The largest absolute Gasteiger partial charge is 0.748 e. The molecule has 0 aliphatic rings. The Kier molecular flexibility index (Phi) is 8.28. The van der Waals surface area contributed by atoms with Crippen LogP contribution in [0.3, 0.4) is 0 Å². The van der Waals surface area contributed by atoms with Gasteiger partial charge in [-0.15, -0.1) is 0 Å². The van der Waals surface area contributed by atoms with Gasteiger partial charge in [0, 0.05) is 17.1 Å². The van der Waals surface area contributed by atoms with Crippen molar-refractivity contribution in [2.75, 3.05) is 6.61 Å². The van der Waals surface area contributed by atoms with Crippen molar-refractivity contribution in [1.29, 1.82) is 0 Å². The molecule has 0 saturated heterocycles. The van der Waals surface area contributed by atoms with E-state index in [1.807, 2.05) is 30.3 Å². The molecule has 2 rings (SSSR count). The zero-order valence-electron chi connectivity index (χ0n) is 9.14. The Hall–Kier alpha value is -1.19. The van der Waals surface area contributed by atoms with Gasteiger partial charge in [0.1, 0.15) is 11.9 Å². The molecular formula is C13H14FeO3-6. The molecule has 4 heteroatoms. The summed E-state index contributed by atoms with van der Waals surface area (Å²) in [5.74, 6) is -0.433. The number of rotatable bonds is 3. The van der Waals surface area contributed by atoms with E-state index in [4.69, 9.17) is 10.2 Å². The molecule has 0 spiro atoms. The monoisotopic (exact) mass is 274 g/mol. The van der Waals surface area contributed by atoms with Gasteiger partial charge in [0.2, 0.25) is 0 Å². The van der Waals surface area contributed by atoms with Gasteiger partial charge in [-0.2, -0.15) is 12.1 Å². The molecular weight excluding hydrogens is 260 g/mol.